The van der Waals surface area contributed by atoms with Gasteiger partial charge in [0, 0.05) is 6.61 Å². The van der Waals surface area contributed by atoms with Crippen LogP contribution >= 0.6 is 0 Å². The van der Waals surface area contributed by atoms with E-state index < -0.39 is 0 Å². The highest BCUT2D eigenvalue weighted by atomic mass is 19.1. The summed E-state index contributed by atoms with van der Waals surface area (Å²) in [5.74, 6) is 0.660. The smallest absolute Gasteiger partial charge is 0.123 e. The summed E-state index contributed by atoms with van der Waals surface area (Å²) < 4.78 is 23.3. The first kappa shape index (κ1) is 13.3. The van der Waals surface area contributed by atoms with Crippen molar-refractivity contribution in [3.05, 3.63) is 30.1 Å². The van der Waals surface area contributed by atoms with Crippen LogP contribution in [0.3, 0.4) is 0 Å². The molecule has 0 spiro atoms. The summed E-state index contributed by atoms with van der Waals surface area (Å²) in [6, 6.07) is 5.98. The molecule has 4 heteroatoms. The Morgan fingerprint density at radius 3 is 2.67 bits per heavy atom. The van der Waals surface area contributed by atoms with Gasteiger partial charge in [-0.25, -0.2) is 4.39 Å². The predicted molar refractivity (Wildman–Crippen MR) is 66.1 cm³/mol. The summed E-state index contributed by atoms with van der Waals surface area (Å²) in [6.45, 7) is 1.59. The highest BCUT2D eigenvalue weighted by Gasteiger charge is 2.23. The third kappa shape index (κ3) is 4.63. The molecule has 0 amide bonds. The Labute approximate surface area is 107 Å². The lowest BCUT2D eigenvalue weighted by atomic mass is 10.00. The zero-order chi connectivity index (χ0) is 12.8. The van der Waals surface area contributed by atoms with E-state index in [9.17, 15) is 9.50 Å². The predicted octanol–water partition coefficient (Wildman–Crippen LogP) is 2.38. The molecule has 0 aromatic heterocycles. The number of hydrogen-bond donors (Lipinski definition) is 1. The Bertz CT molecular complexity index is 349. The summed E-state index contributed by atoms with van der Waals surface area (Å²) in [7, 11) is 0. The fourth-order valence-corrected chi connectivity index (χ4v) is 1.86. The van der Waals surface area contributed by atoms with Crippen molar-refractivity contribution in [3.8, 4) is 5.75 Å². The van der Waals surface area contributed by atoms with Crippen LogP contribution in [-0.4, -0.2) is 31.0 Å². The Hall–Kier alpha value is -1.13. The molecule has 0 aliphatic carbocycles. The van der Waals surface area contributed by atoms with E-state index >= 15 is 0 Å². The summed E-state index contributed by atoms with van der Waals surface area (Å²) >= 11 is 0. The van der Waals surface area contributed by atoms with Crippen molar-refractivity contribution in [1.82, 2.24) is 0 Å². The molecule has 1 N–H and O–H groups in total. The van der Waals surface area contributed by atoms with Gasteiger partial charge in [0.25, 0.3) is 0 Å². The number of benzene rings is 1. The maximum Gasteiger partial charge on any atom is 0.123 e. The minimum absolute atomic E-state index is 0.180. The van der Waals surface area contributed by atoms with Crippen LogP contribution in [0.2, 0.25) is 0 Å². The molecule has 0 radical (unpaired) electrons. The number of rotatable bonds is 8. The molecule has 1 aliphatic heterocycles. The lowest BCUT2D eigenvalue weighted by Gasteiger charge is -2.14. The third-order valence-corrected chi connectivity index (χ3v) is 3.17. The molecule has 2 atom stereocenters. The fourth-order valence-electron chi connectivity index (χ4n) is 1.86. The van der Waals surface area contributed by atoms with Crippen molar-refractivity contribution in [2.45, 2.75) is 25.4 Å². The van der Waals surface area contributed by atoms with Crippen molar-refractivity contribution in [2.75, 3.05) is 19.8 Å². The monoisotopic (exact) mass is 254 g/mol. The lowest BCUT2D eigenvalue weighted by molar-refractivity contribution is 0.179. The molecule has 100 valence electrons. The first-order valence-corrected chi connectivity index (χ1v) is 6.38. The van der Waals surface area contributed by atoms with Crippen molar-refractivity contribution < 1.29 is 19.0 Å². The van der Waals surface area contributed by atoms with Gasteiger partial charge in [0.2, 0.25) is 0 Å². The molecular formula is C14H19FO3. The van der Waals surface area contributed by atoms with Crippen LogP contribution in [0, 0.1) is 11.7 Å². The molecule has 1 heterocycles. The van der Waals surface area contributed by atoms with Crippen LogP contribution in [0.1, 0.15) is 19.3 Å². The van der Waals surface area contributed by atoms with Gasteiger partial charge >= 0.3 is 0 Å². The number of ether oxygens (including phenoxy) is 2. The van der Waals surface area contributed by atoms with Crippen molar-refractivity contribution in [1.29, 1.82) is 0 Å². The van der Waals surface area contributed by atoms with E-state index in [0.717, 1.165) is 25.9 Å². The summed E-state index contributed by atoms with van der Waals surface area (Å²) in [4.78, 5) is 0. The van der Waals surface area contributed by atoms with Gasteiger partial charge in [-0.2, -0.15) is 0 Å². The van der Waals surface area contributed by atoms with Crippen molar-refractivity contribution >= 4 is 0 Å². The third-order valence-electron chi connectivity index (χ3n) is 3.17. The molecule has 0 saturated carbocycles. The maximum absolute atomic E-state index is 12.7. The van der Waals surface area contributed by atoms with Gasteiger partial charge in [0.15, 0.2) is 0 Å². The molecule has 2 rings (SSSR count). The second-order valence-corrected chi connectivity index (χ2v) is 4.67. The van der Waals surface area contributed by atoms with E-state index in [1.165, 1.54) is 12.1 Å². The van der Waals surface area contributed by atoms with Crippen LogP contribution in [-0.2, 0) is 4.74 Å². The molecular weight excluding hydrogens is 235 g/mol. The molecule has 1 fully saturated rings. The second-order valence-electron chi connectivity index (χ2n) is 4.67. The van der Waals surface area contributed by atoms with Crippen LogP contribution in [0.25, 0.3) is 0 Å². The van der Waals surface area contributed by atoms with Crippen molar-refractivity contribution in [2.24, 2.45) is 5.92 Å². The highest BCUT2D eigenvalue weighted by molar-refractivity contribution is 5.21. The highest BCUT2D eigenvalue weighted by Crippen LogP contribution is 2.21. The number of halogens is 1. The first-order valence-electron chi connectivity index (χ1n) is 6.38. The fraction of sp³-hybridized carbons (Fsp3) is 0.571. The Balaban J connectivity index is 1.64. The minimum Gasteiger partial charge on any atom is -0.494 e. The zero-order valence-corrected chi connectivity index (χ0v) is 10.3. The number of epoxide rings is 1. The van der Waals surface area contributed by atoms with Crippen LogP contribution in [0.4, 0.5) is 4.39 Å². The van der Waals surface area contributed by atoms with E-state index in [1.54, 1.807) is 12.1 Å². The maximum atomic E-state index is 12.7. The lowest BCUT2D eigenvalue weighted by Crippen LogP contribution is -2.12. The second kappa shape index (κ2) is 6.71. The molecule has 1 aromatic carbocycles. The molecule has 0 unspecified atom stereocenters. The van der Waals surface area contributed by atoms with Gasteiger partial charge in [-0.05, 0) is 49.4 Å². The SMILES string of the molecule is OC[C@H](CCOc1ccc(F)cc1)CC[C@@H]1CO1. The van der Waals surface area contributed by atoms with Gasteiger partial charge in [-0.15, -0.1) is 0 Å². The quantitative estimate of drug-likeness (QED) is 0.724. The standard InChI is InChI=1S/C14H19FO3/c15-12-2-5-13(6-3-12)17-8-7-11(9-16)1-4-14-10-18-14/h2-3,5-6,11,14,16H,1,4,7-10H2/t11-,14+/m0/s1. The van der Waals surface area contributed by atoms with Gasteiger partial charge in [0.05, 0.1) is 19.3 Å². The molecule has 1 aliphatic rings. The van der Waals surface area contributed by atoms with Crippen LogP contribution < -0.4 is 4.74 Å². The number of hydrogen-bond acceptors (Lipinski definition) is 3. The summed E-state index contributed by atoms with van der Waals surface area (Å²) in [5, 5.41) is 9.25. The van der Waals surface area contributed by atoms with E-state index in [-0.39, 0.29) is 18.3 Å². The zero-order valence-electron chi connectivity index (χ0n) is 10.3. The Kier molecular flexibility index (Phi) is 4.96. The molecule has 18 heavy (non-hydrogen) atoms. The van der Waals surface area contributed by atoms with Gasteiger partial charge in [-0.1, -0.05) is 0 Å². The molecule has 0 bridgehead atoms. The van der Waals surface area contributed by atoms with Crippen molar-refractivity contribution in [3.63, 3.8) is 0 Å². The Morgan fingerprint density at radius 1 is 1.33 bits per heavy atom. The van der Waals surface area contributed by atoms with Crippen LogP contribution in [0.15, 0.2) is 24.3 Å². The number of aliphatic hydroxyl groups excluding tert-OH is 1. The average molecular weight is 254 g/mol. The summed E-state index contributed by atoms with van der Waals surface area (Å²) in [6.07, 6.45) is 3.20. The van der Waals surface area contributed by atoms with E-state index in [2.05, 4.69) is 0 Å². The normalized spacial score (nSPS) is 19.6. The van der Waals surface area contributed by atoms with E-state index in [0.29, 0.717) is 18.5 Å². The molecule has 1 aromatic rings. The van der Waals surface area contributed by atoms with Gasteiger partial charge < -0.3 is 14.6 Å². The topological polar surface area (TPSA) is 42.0 Å². The van der Waals surface area contributed by atoms with E-state index in [4.69, 9.17) is 9.47 Å². The average Bonchev–Trinajstić information content (AvgIpc) is 3.20. The largest absolute Gasteiger partial charge is 0.494 e. The molecule has 3 nitrogen and oxygen atoms in total. The van der Waals surface area contributed by atoms with E-state index in [1.807, 2.05) is 0 Å². The molecule has 1 saturated heterocycles. The number of aliphatic hydroxyl groups is 1. The Morgan fingerprint density at radius 2 is 2.06 bits per heavy atom. The van der Waals surface area contributed by atoms with Gasteiger partial charge in [-0.3, -0.25) is 0 Å². The summed E-state index contributed by atoms with van der Waals surface area (Å²) in [5.41, 5.74) is 0. The van der Waals surface area contributed by atoms with Crippen LogP contribution in [0.5, 0.6) is 5.75 Å². The first-order chi connectivity index (χ1) is 8.78. The van der Waals surface area contributed by atoms with Gasteiger partial charge in [0.1, 0.15) is 11.6 Å². The minimum atomic E-state index is -0.264.